The summed E-state index contributed by atoms with van der Waals surface area (Å²) >= 11 is 0.739. The number of halogens is 1. The van der Waals surface area contributed by atoms with Gasteiger partial charge in [-0.3, -0.25) is 24.1 Å². The molecule has 2 aliphatic heterocycles. The van der Waals surface area contributed by atoms with Crippen molar-refractivity contribution in [1.82, 2.24) is 10.2 Å². The van der Waals surface area contributed by atoms with Crippen molar-refractivity contribution in [3.63, 3.8) is 0 Å². The van der Waals surface area contributed by atoms with Gasteiger partial charge in [-0.2, -0.15) is 0 Å². The predicted octanol–water partition coefficient (Wildman–Crippen LogP) is 3.67. The lowest BCUT2D eigenvalue weighted by Gasteiger charge is -2.19. The van der Waals surface area contributed by atoms with Crippen molar-refractivity contribution in [2.45, 2.75) is 9.79 Å². The molecule has 1 saturated heterocycles. The maximum atomic E-state index is 13.1. The molecule has 0 spiro atoms. The summed E-state index contributed by atoms with van der Waals surface area (Å²) in [5.74, 6) is -2.03. The van der Waals surface area contributed by atoms with Gasteiger partial charge in [-0.1, -0.05) is 24.3 Å². The molecule has 1 fully saturated rings. The van der Waals surface area contributed by atoms with Gasteiger partial charge in [-0.05, 0) is 65.9 Å². The molecule has 37 heavy (non-hydrogen) atoms. The molecule has 11 heteroatoms. The van der Waals surface area contributed by atoms with Crippen LogP contribution in [0.3, 0.4) is 0 Å². The van der Waals surface area contributed by atoms with E-state index in [0.29, 0.717) is 5.56 Å². The molecule has 186 valence electrons. The summed E-state index contributed by atoms with van der Waals surface area (Å²) in [5.41, 5.74) is 0.641. The third kappa shape index (κ3) is 4.47. The molecule has 2 heterocycles. The van der Waals surface area contributed by atoms with Gasteiger partial charge in [0.15, 0.2) is 5.78 Å². The lowest BCUT2D eigenvalue weighted by Crippen LogP contribution is -2.37. The van der Waals surface area contributed by atoms with Gasteiger partial charge in [0.05, 0.1) is 14.7 Å². The van der Waals surface area contributed by atoms with E-state index in [2.05, 4.69) is 5.32 Å². The topological polar surface area (TPSA) is 118 Å². The number of thioether (sulfide) groups is 1. The van der Waals surface area contributed by atoms with E-state index in [1.807, 2.05) is 0 Å². The van der Waals surface area contributed by atoms with Gasteiger partial charge in [-0.25, -0.2) is 12.8 Å². The molecule has 0 aliphatic carbocycles. The third-order valence-electron chi connectivity index (χ3n) is 5.86. The molecule has 2 aliphatic rings. The van der Waals surface area contributed by atoms with E-state index in [1.54, 1.807) is 6.07 Å². The van der Waals surface area contributed by atoms with Gasteiger partial charge in [0.25, 0.3) is 17.1 Å². The second-order valence-electron chi connectivity index (χ2n) is 8.18. The molecule has 0 unspecified atom stereocenters. The molecule has 0 bridgehead atoms. The van der Waals surface area contributed by atoms with Crippen LogP contribution in [0.4, 0.5) is 9.18 Å². The summed E-state index contributed by atoms with van der Waals surface area (Å²) in [5, 5.41) is 2.06. The molecular formula is C26H17FN2O6S2. The largest absolute Gasteiger partial charge is 0.350 e. The zero-order valence-corrected chi connectivity index (χ0v) is 20.6. The summed E-state index contributed by atoms with van der Waals surface area (Å²) in [6.45, 7) is -0.182. The van der Waals surface area contributed by atoms with Crippen LogP contribution in [0.15, 0.2) is 81.4 Å². The molecule has 3 aromatic rings. The Morgan fingerprint density at radius 1 is 0.946 bits per heavy atom. The Bertz CT molecular complexity index is 1630. The number of carbonyl (C=O) groups is 4. The number of carbonyl (C=O) groups excluding carboxylic acids is 4. The van der Waals surface area contributed by atoms with Crippen molar-refractivity contribution in [2.75, 3.05) is 13.1 Å². The molecular weight excluding hydrogens is 519 g/mol. The summed E-state index contributed by atoms with van der Waals surface area (Å²) in [4.78, 5) is 51.2. The molecule has 0 saturated carbocycles. The number of hydrogen-bond donors (Lipinski definition) is 1. The number of amides is 3. The van der Waals surface area contributed by atoms with Gasteiger partial charge in [0, 0.05) is 29.8 Å². The lowest BCUT2D eigenvalue weighted by molar-refractivity contribution is -0.122. The average molecular weight is 537 g/mol. The van der Waals surface area contributed by atoms with Crippen LogP contribution in [0.2, 0.25) is 0 Å². The molecule has 3 amide bonds. The highest BCUT2D eigenvalue weighted by Crippen LogP contribution is 2.35. The van der Waals surface area contributed by atoms with Crippen LogP contribution in [0.25, 0.3) is 6.08 Å². The zero-order valence-electron chi connectivity index (χ0n) is 18.9. The number of fused-ring (bicyclic) bond motifs is 2. The van der Waals surface area contributed by atoms with Crippen LogP contribution in [0, 0.1) is 5.82 Å². The van der Waals surface area contributed by atoms with Crippen LogP contribution < -0.4 is 5.32 Å². The van der Waals surface area contributed by atoms with E-state index in [1.165, 1.54) is 60.7 Å². The van der Waals surface area contributed by atoms with E-state index >= 15 is 0 Å². The minimum atomic E-state index is -4.00. The first-order valence-corrected chi connectivity index (χ1v) is 13.3. The molecule has 0 radical (unpaired) electrons. The van der Waals surface area contributed by atoms with E-state index in [9.17, 15) is 32.0 Å². The Hall–Kier alpha value is -4.09. The van der Waals surface area contributed by atoms with Gasteiger partial charge in [-0.15, -0.1) is 0 Å². The Morgan fingerprint density at radius 3 is 2.41 bits per heavy atom. The fourth-order valence-corrected chi connectivity index (χ4v) is 6.55. The minimum absolute atomic E-state index is 0.0130. The highest BCUT2D eigenvalue weighted by molar-refractivity contribution is 8.18. The second kappa shape index (κ2) is 9.41. The summed E-state index contributed by atoms with van der Waals surface area (Å²) in [6, 6.07) is 15.1. The van der Waals surface area contributed by atoms with Crippen molar-refractivity contribution in [3.05, 3.63) is 99.7 Å². The number of ketones is 1. The quantitative estimate of drug-likeness (QED) is 0.387. The molecule has 8 nitrogen and oxygen atoms in total. The fraction of sp³-hybridized carbons (Fsp3) is 0.0769. The van der Waals surface area contributed by atoms with E-state index in [-0.39, 0.29) is 44.5 Å². The smallest absolute Gasteiger partial charge is 0.293 e. The minimum Gasteiger partial charge on any atom is -0.350 e. The fourth-order valence-electron chi connectivity index (χ4n) is 4.01. The SMILES string of the molecule is O=C(NCCN1C(=O)S/C(=C\c2ccc(F)cc2)C1=O)c1ccc2c(c1)S(=O)(=O)c1ccccc1C2=O. The van der Waals surface area contributed by atoms with Crippen LogP contribution in [-0.2, 0) is 14.6 Å². The molecule has 5 rings (SSSR count). The summed E-state index contributed by atoms with van der Waals surface area (Å²) in [7, 11) is -4.00. The Kier molecular flexibility index (Phi) is 6.26. The van der Waals surface area contributed by atoms with Crippen molar-refractivity contribution < 1.29 is 32.0 Å². The lowest BCUT2D eigenvalue weighted by atomic mass is 10.0. The Balaban J connectivity index is 1.27. The van der Waals surface area contributed by atoms with Crippen LogP contribution in [0.5, 0.6) is 0 Å². The van der Waals surface area contributed by atoms with Gasteiger partial charge < -0.3 is 5.32 Å². The number of sulfone groups is 1. The number of nitrogens with zero attached hydrogens (tertiary/aromatic N) is 1. The van der Waals surface area contributed by atoms with Crippen molar-refractivity contribution in [2.24, 2.45) is 0 Å². The number of nitrogens with one attached hydrogen (secondary N) is 1. The molecule has 0 aromatic heterocycles. The van der Waals surface area contributed by atoms with Crippen molar-refractivity contribution in [3.8, 4) is 0 Å². The highest BCUT2D eigenvalue weighted by atomic mass is 32.2. The maximum Gasteiger partial charge on any atom is 0.293 e. The summed E-state index contributed by atoms with van der Waals surface area (Å²) < 4.78 is 39.2. The van der Waals surface area contributed by atoms with E-state index in [4.69, 9.17) is 0 Å². The molecule has 0 atom stereocenters. The van der Waals surface area contributed by atoms with Gasteiger partial charge in [0.2, 0.25) is 9.84 Å². The Morgan fingerprint density at radius 2 is 1.65 bits per heavy atom. The average Bonchev–Trinajstić information content (AvgIpc) is 3.15. The third-order valence-corrected chi connectivity index (χ3v) is 8.62. The number of hydrogen-bond acceptors (Lipinski definition) is 7. The first kappa shape index (κ1) is 24.6. The molecule has 3 aromatic carbocycles. The monoisotopic (exact) mass is 536 g/mol. The standard InChI is InChI=1S/C26H17FN2O6S2/c27-17-8-5-15(6-9-17)13-20-25(32)29(26(33)36-20)12-11-28-24(31)16-7-10-19-22(14-16)37(34,35)21-4-2-1-3-18(21)23(19)30/h1-10,13-14H,11-12H2,(H,28,31)/b20-13-. The van der Waals surface area contributed by atoms with E-state index < -0.39 is 38.5 Å². The number of rotatable bonds is 5. The first-order valence-electron chi connectivity index (χ1n) is 11.0. The van der Waals surface area contributed by atoms with Gasteiger partial charge >= 0.3 is 0 Å². The van der Waals surface area contributed by atoms with Crippen LogP contribution in [-0.4, -0.2) is 49.2 Å². The van der Waals surface area contributed by atoms with Crippen molar-refractivity contribution >= 4 is 50.5 Å². The Labute approximate surface area is 215 Å². The van der Waals surface area contributed by atoms with Crippen LogP contribution in [0.1, 0.15) is 31.8 Å². The first-order chi connectivity index (χ1) is 17.7. The van der Waals surface area contributed by atoms with Crippen molar-refractivity contribution in [1.29, 1.82) is 0 Å². The number of imide groups is 1. The zero-order chi connectivity index (χ0) is 26.3. The predicted molar refractivity (Wildman–Crippen MR) is 133 cm³/mol. The molecule has 1 N–H and O–H groups in total. The summed E-state index contributed by atoms with van der Waals surface area (Å²) in [6.07, 6.45) is 1.48. The maximum absolute atomic E-state index is 13.1. The van der Waals surface area contributed by atoms with Crippen LogP contribution >= 0.6 is 11.8 Å². The number of benzene rings is 3. The van der Waals surface area contributed by atoms with E-state index in [0.717, 1.165) is 22.7 Å². The normalized spacial score (nSPS) is 17.1. The second-order valence-corrected chi connectivity index (χ2v) is 11.1. The van der Waals surface area contributed by atoms with Gasteiger partial charge in [0.1, 0.15) is 5.82 Å². The highest BCUT2D eigenvalue weighted by Gasteiger charge is 2.36.